The van der Waals surface area contributed by atoms with Crippen molar-refractivity contribution < 1.29 is 22.7 Å². The van der Waals surface area contributed by atoms with Crippen LogP contribution in [0, 0.1) is 0 Å². The maximum atomic E-state index is 12.2. The van der Waals surface area contributed by atoms with Gasteiger partial charge in [0, 0.05) is 26.8 Å². The summed E-state index contributed by atoms with van der Waals surface area (Å²) in [6.07, 6.45) is 1.09. The fourth-order valence-electron chi connectivity index (χ4n) is 1.68. The fourth-order valence-corrected chi connectivity index (χ4v) is 2.69. The molecule has 0 aliphatic heterocycles. The van der Waals surface area contributed by atoms with E-state index in [0.29, 0.717) is 19.7 Å². The van der Waals surface area contributed by atoms with Gasteiger partial charge in [0.25, 0.3) is 5.16 Å². The van der Waals surface area contributed by atoms with Crippen molar-refractivity contribution in [2.45, 2.75) is 31.4 Å². The van der Waals surface area contributed by atoms with Crippen LogP contribution in [0.1, 0.15) is 20.8 Å². The lowest BCUT2D eigenvalue weighted by molar-refractivity contribution is 0.129. The molecule has 22 heavy (non-hydrogen) atoms. The molecular weight excluding hydrogens is 312 g/mol. The molecular formula is C12H22N4O5S. The summed E-state index contributed by atoms with van der Waals surface area (Å²) >= 11 is 0. The lowest BCUT2D eigenvalue weighted by atomic mass is 10.5. The molecule has 1 unspecified atom stereocenters. The molecule has 0 N–H and O–H groups in total. The predicted octanol–water partition coefficient (Wildman–Crippen LogP) is 0.371. The summed E-state index contributed by atoms with van der Waals surface area (Å²) in [5.74, 6) is 0. The van der Waals surface area contributed by atoms with E-state index in [-0.39, 0.29) is 6.61 Å². The Kier molecular flexibility index (Phi) is 6.91. The Morgan fingerprint density at radius 2 is 2.14 bits per heavy atom. The van der Waals surface area contributed by atoms with Crippen LogP contribution in [-0.2, 0) is 19.3 Å². The quantitative estimate of drug-likeness (QED) is 0.676. The number of rotatable bonds is 8. The van der Waals surface area contributed by atoms with E-state index >= 15 is 0 Å². The second-order valence-corrected chi connectivity index (χ2v) is 6.51. The third-order valence-corrected chi connectivity index (χ3v) is 4.68. The van der Waals surface area contributed by atoms with Gasteiger partial charge in [-0.05, 0) is 20.8 Å². The third kappa shape index (κ3) is 4.24. The average molecular weight is 334 g/mol. The van der Waals surface area contributed by atoms with Gasteiger partial charge in [0.1, 0.15) is 6.33 Å². The predicted molar refractivity (Wildman–Crippen MR) is 78.2 cm³/mol. The zero-order valence-electron chi connectivity index (χ0n) is 13.2. The standard InChI is InChI=1S/C12H22N4O5S/c1-5-15(7-8-20-4)12(17)16-9-13-11(14-16)22(18,19)10(3)21-6-2/h9-10H,5-8H2,1-4H3. The van der Waals surface area contributed by atoms with Gasteiger partial charge in [0.05, 0.1) is 6.61 Å². The Labute approximate surface area is 130 Å². The number of sulfone groups is 1. The zero-order chi connectivity index (χ0) is 16.8. The molecule has 0 saturated heterocycles. The van der Waals surface area contributed by atoms with Crippen LogP contribution in [0.15, 0.2) is 11.5 Å². The highest BCUT2D eigenvalue weighted by atomic mass is 32.2. The van der Waals surface area contributed by atoms with Crippen molar-refractivity contribution in [1.29, 1.82) is 0 Å². The first-order valence-electron chi connectivity index (χ1n) is 6.93. The molecule has 0 aliphatic rings. The maximum Gasteiger partial charge on any atom is 0.346 e. The van der Waals surface area contributed by atoms with Gasteiger partial charge in [-0.2, -0.15) is 4.68 Å². The molecule has 126 valence electrons. The SMILES string of the molecule is CCOC(C)S(=O)(=O)c1ncn(C(=O)N(CC)CCOC)n1. The molecule has 1 amide bonds. The lowest BCUT2D eigenvalue weighted by Crippen LogP contribution is -2.37. The number of methoxy groups -OCH3 is 1. The van der Waals surface area contributed by atoms with Crippen LogP contribution >= 0.6 is 0 Å². The largest absolute Gasteiger partial charge is 0.383 e. The summed E-state index contributed by atoms with van der Waals surface area (Å²) in [7, 11) is -2.29. The molecule has 1 rings (SSSR count). The van der Waals surface area contributed by atoms with Gasteiger partial charge in [-0.3, -0.25) is 0 Å². The van der Waals surface area contributed by atoms with E-state index in [1.807, 2.05) is 0 Å². The van der Waals surface area contributed by atoms with Crippen LogP contribution in [0.4, 0.5) is 4.79 Å². The Balaban J connectivity index is 2.93. The molecule has 0 spiro atoms. The molecule has 1 heterocycles. The van der Waals surface area contributed by atoms with Gasteiger partial charge < -0.3 is 14.4 Å². The minimum Gasteiger partial charge on any atom is -0.383 e. The number of hydrogen-bond acceptors (Lipinski definition) is 7. The summed E-state index contributed by atoms with van der Waals surface area (Å²) in [5.41, 5.74) is -1.07. The molecule has 10 heteroatoms. The highest BCUT2D eigenvalue weighted by Crippen LogP contribution is 2.12. The van der Waals surface area contributed by atoms with E-state index in [1.54, 1.807) is 13.8 Å². The van der Waals surface area contributed by atoms with Gasteiger partial charge in [-0.15, -0.1) is 5.10 Å². The second kappa shape index (κ2) is 8.20. The monoisotopic (exact) mass is 334 g/mol. The minimum absolute atomic E-state index is 0.251. The van der Waals surface area contributed by atoms with E-state index in [9.17, 15) is 13.2 Å². The average Bonchev–Trinajstić information content (AvgIpc) is 2.98. The Morgan fingerprint density at radius 3 is 2.68 bits per heavy atom. The molecule has 1 aromatic heterocycles. The molecule has 0 aromatic carbocycles. The third-order valence-electron chi connectivity index (χ3n) is 2.98. The molecule has 0 fully saturated rings. The molecule has 0 radical (unpaired) electrons. The molecule has 0 aliphatic carbocycles. The first-order chi connectivity index (χ1) is 10.4. The molecule has 1 aromatic rings. The van der Waals surface area contributed by atoms with Gasteiger partial charge >= 0.3 is 6.03 Å². The van der Waals surface area contributed by atoms with Crippen molar-refractivity contribution in [1.82, 2.24) is 19.7 Å². The van der Waals surface area contributed by atoms with E-state index in [0.717, 1.165) is 11.0 Å². The normalized spacial score (nSPS) is 13.1. The highest BCUT2D eigenvalue weighted by molar-refractivity contribution is 7.91. The van der Waals surface area contributed by atoms with Gasteiger partial charge in [0.2, 0.25) is 9.84 Å². The van der Waals surface area contributed by atoms with E-state index in [4.69, 9.17) is 9.47 Å². The number of carbonyl (C=O) groups is 1. The molecule has 0 saturated carbocycles. The number of amides is 1. The van der Waals surface area contributed by atoms with Crippen molar-refractivity contribution in [2.75, 3.05) is 33.4 Å². The second-order valence-electron chi connectivity index (χ2n) is 4.39. The van der Waals surface area contributed by atoms with Crippen molar-refractivity contribution in [3.05, 3.63) is 6.33 Å². The van der Waals surface area contributed by atoms with E-state index in [1.165, 1.54) is 18.9 Å². The van der Waals surface area contributed by atoms with Gasteiger partial charge in [-0.25, -0.2) is 18.2 Å². The summed E-state index contributed by atoms with van der Waals surface area (Å²) in [6, 6.07) is -0.461. The van der Waals surface area contributed by atoms with Crippen LogP contribution in [0.5, 0.6) is 0 Å². The number of likely N-dealkylation sites (N-methyl/N-ethyl adjacent to an activating group) is 1. The number of aromatic nitrogens is 3. The first-order valence-corrected chi connectivity index (χ1v) is 8.48. The number of ether oxygens (including phenoxy) is 2. The molecule has 0 bridgehead atoms. The lowest BCUT2D eigenvalue weighted by Gasteiger charge is -2.19. The van der Waals surface area contributed by atoms with Crippen LogP contribution in [0.25, 0.3) is 0 Å². The van der Waals surface area contributed by atoms with Crippen molar-refractivity contribution >= 4 is 15.9 Å². The van der Waals surface area contributed by atoms with Crippen molar-refractivity contribution in [3.8, 4) is 0 Å². The highest BCUT2D eigenvalue weighted by Gasteiger charge is 2.29. The smallest absolute Gasteiger partial charge is 0.346 e. The van der Waals surface area contributed by atoms with E-state index < -0.39 is 26.5 Å². The molecule has 1 atom stereocenters. The summed E-state index contributed by atoms with van der Waals surface area (Å²) < 4.78 is 35.2. The Hall–Kier alpha value is -1.52. The molecule has 9 nitrogen and oxygen atoms in total. The number of nitrogens with zero attached hydrogens (tertiary/aromatic N) is 4. The Bertz CT molecular complexity index is 586. The number of carbonyl (C=O) groups excluding carboxylic acids is 1. The van der Waals surface area contributed by atoms with Crippen LogP contribution in [0.3, 0.4) is 0 Å². The Morgan fingerprint density at radius 1 is 1.45 bits per heavy atom. The summed E-state index contributed by atoms with van der Waals surface area (Å²) in [6.45, 7) is 6.35. The minimum atomic E-state index is -3.82. The van der Waals surface area contributed by atoms with Crippen molar-refractivity contribution in [2.24, 2.45) is 0 Å². The topological polar surface area (TPSA) is 104 Å². The summed E-state index contributed by atoms with van der Waals surface area (Å²) in [5, 5.41) is 3.34. The maximum absolute atomic E-state index is 12.2. The number of hydrogen-bond donors (Lipinski definition) is 0. The fraction of sp³-hybridized carbons (Fsp3) is 0.750. The first kappa shape index (κ1) is 18.5. The van der Waals surface area contributed by atoms with Crippen LogP contribution in [0.2, 0.25) is 0 Å². The van der Waals surface area contributed by atoms with Gasteiger partial charge in [-0.1, -0.05) is 0 Å². The zero-order valence-corrected chi connectivity index (χ0v) is 14.0. The van der Waals surface area contributed by atoms with E-state index in [2.05, 4.69) is 10.1 Å². The van der Waals surface area contributed by atoms with Gasteiger partial charge in [0.15, 0.2) is 5.44 Å². The van der Waals surface area contributed by atoms with Crippen LogP contribution < -0.4 is 0 Å². The van der Waals surface area contributed by atoms with Crippen molar-refractivity contribution in [3.63, 3.8) is 0 Å². The van der Waals surface area contributed by atoms with Crippen LogP contribution in [-0.4, -0.2) is 73.0 Å². The summed E-state index contributed by atoms with van der Waals surface area (Å²) in [4.78, 5) is 17.4.